The van der Waals surface area contributed by atoms with Gasteiger partial charge in [-0.25, -0.2) is 9.59 Å². The van der Waals surface area contributed by atoms with Crippen molar-refractivity contribution >= 4 is 23.4 Å². The van der Waals surface area contributed by atoms with Crippen molar-refractivity contribution in [2.24, 2.45) is 5.73 Å². The highest BCUT2D eigenvalue weighted by Crippen LogP contribution is 2.15. The fourth-order valence-corrected chi connectivity index (χ4v) is 1.81. The number of nitro benzene ring substituents is 1. The molecule has 0 fully saturated rings. The summed E-state index contributed by atoms with van der Waals surface area (Å²) in [5, 5.41) is 12.9. The lowest BCUT2D eigenvalue weighted by Gasteiger charge is -2.07. The van der Waals surface area contributed by atoms with Gasteiger partial charge in [-0.2, -0.15) is 0 Å². The number of ether oxygens (including phenoxy) is 1. The monoisotopic (exact) mass is 315 g/mol. The van der Waals surface area contributed by atoms with Crippen LogP contribution < -0.4 is 11.1 Å². The number of carbonyl (C=O) groups is 2. The maximum Gasteiger partial charge on any atom is 0.338 e. The summed E-state index contributed by atoms with van der Waals surface area (Å²) in [7, 11) is 0. The highest BCUT2D eigenvalue weighted by atomic mass is 16.6. The number of hydrogen-bond acceptors (Lipinski definition) is 5. The van der Waals surface area contributed by atoms with Gasteiger partial charge in [0.2, 0.25) is 0 Å². The van der Waals surface area contributed by atoms with Crippen LogP contribution >= 0.6 is 0 Å². The molecule has 2 aromatic carbocycles. The van der Waals surface area contributed by atoms with Crippen molar-refractivity contribution in [3.05, 3.63) is 69.8 Å². The molecule has 23 heavy (non-hydrogen) atoms. The van der Waals surface area contributed by atoms with Gasteiger partial charge in [0.05, 0.1) is 10.5 Å². The molecule has 2 rings (SSSR count). The van der Waals surface area contributed by atoms with Gasteiger partial charge in [0.25, 0.3) is 5.69 Å². The lowest BCUT2D eigenvalue weighted by molar-refractivity contribution is -0.384. The largest absolute Gasteiger partial charge is 0.457 e. The third-order valence-corrected chi connectivity index (χ3v) is 2.88. The predicted octanol–water partition coefficient (Wildman–Crippen LogP) is 2.44. The molecule has 0 atom stereocenters. The molecule has 8 heteroatoms. The summed E-state index contributed by atoms with van der Waals surface area (Å²) < 4.78 is 5.12. The Kier molecular flexibility index (Phi) is 4.88. The maximum absolute atomic E-state index is 12.0. The molecule has 118 valence electrons. The van der Waals surface area contributed by atoms with Crippen LogP contribution in [0.5, 0.6) is 0 Å². The van der Waals surface area contributed by atoms with Gasteiger partial charge in [-0.1, -0.05) is 6.07 Å². The number of carbonyl (C=O) groups excluding carboxylic acids is 2. The molecule has 0 saturated carbocycles. The fraction of sp³-hybridized carbons (Fsp3) is 0.0667. The SMILES string of the molecule is NC(=O)Nc1cccc(C(=O)OCc2ccc([N+](=O)[O-])cc2)c1. The van der Waals surface area contributed by atoms with Gasteiger partial charge in [-0.05, 0) is 35.9 Å². The Morgan fingerprint density at radius 1 is 1.17 bits per heavy atom. The van der Waals surface area contributed by atoms with Crippen molar-refractivity contribution in [1.82, 2.24) is 0 Å². The van der Waals surface area contributed by atoms with E-state index in [1.165, 1.54) is 36.4 Å². The van der Waals surface area contributed by atoms with E-state index in [0.717, 1.165) is 0 Å². The van der Waals surface area contributed by atoms with E-state index < -0.39 is 16.9 Å². The van der Waals surface area contributed by atoms with E-state index in [4.69, 9.17) is 10.5 Å². The van der Waals surface area contributed by atoms with Crippen molar-refractivity contribution in [1.29, 1.82) is 0 Å². The van der Waals surface area contributed by atoms with Gasteiger partial charge in [0.1, 0.15) is 6.61 Å². The number of nitrogens with two attached hydrogens (primary N) is 1. The first kappa shape index (κ1) is 16.0. The molecule has 0 aliphatic heterocycles. The van der Waals surface area contributed by atoms with E-state index >= 15 is 0 Å². The Balaban J connectivity index is 1.99. The Morgan fingerprint density at radius 3 is 2.48 bits per heavy atom. The topological polar surface area (TPSA) is 125 Å². The molecule has 0 radical (unpaired) electrons. The predicted molar refractivity (Wildman–Crippen MR) is 81.9 cm³/mol. The van der Waals surface area contributed by atoms with Gasteiger partial charge < -0.3 is 15.8 Å². The van der Waals surface area contributed by atoms with E-state index in [-0.39, 0.29) is 17.9 Å². The number of non-ortho nitro benzene ring substituents is 1. The van der Waals surface area contributed by atoms with Gasteiger partial charge in [-0.3, -0.25) is 10.1 Å². The molecule has 8 nitrogen and oxygen atoms in total. The van der Waals surface area contributed by atoms with Crippen molar-refractivity contribution in [3.8, 4) is 0 Å². The minimum Gasteiger partial charge on any atom is -0.457 e. The first-order valence-corrected chi connectivity index (χ1v) is 6.52. The molecule has 2 amide bonds. The van der Waals surface area contributed by atoms with Crippen molar-refractivity contribution < 1.29 is 19.2 Å². The standard InChI is InChI=1S/C15H13N3O5/c16-15(20)17-12-3-1-2-11(8-12)14(19)23-9-10-4-6-13(7-5-10)18(21)22/h1-8H,9H2,(H3,16,17,20). The van der Waals surface area contributed by atoms with Crippen molar-refractivity contribution in [2.75, 3.05) is 5.32 Å². The molecule has 0 aliphatic rings. The van der Waals surface area contributed by atoms with Crippen LogP contribution in [0, 0.1) is 10.1 Å². The number of benzene rings is 2. The lowest BCUT2D eigenvalue weighted by atomic mass is 10.2. The zero-order valence-electron chi connectivity index (χ0n) is 11.9. The molecule has 0 saturated heterocycles. The van der Waals surface area contributed by atoms with E-state index in [2.05, 4.69) is 5.32 Å². The number of primary amides is 1. The highest BCUT2D eigenvalue weighted by molar-refractivity contribution is 5.93. The number of rotatable bonds is 5. The minimum absolute atomic E-state index is 0.0235. The normalized spacial score (nSPS) is 9.91. The minimum atomic E-state index is -0.735. The summed E-state index contributed by atoms with van der Waals surface area (Å²) in [6, 6.07) is 11.1. The van der Waals surface area contributed by atoms with Crippen LogP contribution in [0.1, 0.15) is 15.9 Å². The average Bonchev–Trinajstić information content (AvgIpc) is 2.52. The van der Waals surface area contributed by atoms with Crippen molar-refractivity contribution in [2.45, 2.75) is 6.61 Å². The molecule has 0 heterocycles. The summed E-state index contributed by atoms with van der Waals surface area (Å²) >= 11 is 0. The van der Waals surface area contributed by atoms with Gasteiger partial charge >= 0.3 is 12.0 Å². The molecule has 0 aromatic heterocycles. The molecule has 2 aromatic rings. The summed E-state index contributed by atoms with van der Waals surface area (Å²) in [5.41, 5.74) is 6.21. The van der Waals surface area contributed by atoms with Crippen molar-refractivity contribution in [3.63, 3.8) is 0 Å². The third-order valence-electron chi connectivity index (χ3n) is 2.88. The molecule has 0 aliphatic carbocycles. The second-order valence-electron chi connectivity index (χ2n) is 4.57. The Labute approximate surface area is 131 Å². The zero-order chi connectivity index (χ0) is 16.8. The first-order valence-electron chi connectivity index (χ1n) is 6.52. The molecule has 0 bridgehead atoms. The van der Waals surface area contributed by atoms with E-state index in [1.54, 1.807) is 12.1 Å². The van der Waals surface area contributed by atoms with Gasteiger partial charge in [0, 0.05) is 17.8 Å². The fourth-order valence-electron chi connectivity index (χ4n) is 1.81. The maximum atomic E-state index is 12.0. The summed E-state index contributed by atoms with van der Waals surface area (Å²) in [6.07, 6.45) is 0. The van der Waals surface area contributed by atoms with Crippen LogP contribution in [0.3, 0.4) is 0 Å². The molecular formula is C15H13N3O5. The third kappa shape index (κ3) is 4.53. The number of esters is 1. The zero-order valence-corrected chi connectivity index (χ0v) is 11.9. The summed E-state index contributed by atoms with van der Waals surface area (Å²) in [6.45, 7) is -0.0235. The van der Waals surface area contributed by atoms with E-state index in [0.29, 0.717) is 11.3 Å². The Hall–Kier alpha value is -3.42. The average molecular weight is 315 g/mol. The Bertz CT molecular complexity index is 743. The number of amides is 2. The molecule has 0 spiro atoms. The van der Waals surface area contributed by atoms with Crippen LogP contribution in [0.2, 0.25) is 0 Å². The number of nitro groups is 1. The highest BCUT2D eigenvalue weighted by Gasteiger charge is 2.10. The molecular weight excluding hydrogens is 302 g/mol. The molecule has 0 unspecified atom stereocenters. The van der Waals surface area contributed by atoms with Gasteiger partial charge in [0.15, 0.2) is 0 Å². The number of urea groups is 1. The second kappa shape index (κ2) is 7.03. The van der Waals surface area contributed by atoms with Crippen LogP contribution in [0.25, 0.3) is 0 Å². The van der Waals surface area contributed by atoms with Crippen LogP contribution in [0.4, 0.5) is 16.2 Å². The summed E-state index contributed by atoms with van der Waals surface area (Å²) in [5.74, 6) is -0.587. The van der Waals surface area contributed by atoms with E-state index in [9.17, 15) is 19.7 Å². The number of nitrogens with one attached hydrogen (secondary N) is 1. The van der Waals surface area contributed by atoms with Gasteiger partial charge in [-0.15, -0.1) is 0 Å². The second-order valence-corrected chi connectivity index (χ2v) is 4.57. The molecule has 3 N–H and O–H groups in total. The van der Waals surface area contributed by atoms with E-state index in [1.807, 2.05) is 0 Å². The summed E-state index contributed by atoms with van der Waals surface area (Å²) in [4.78, 5) is 32.8. The number of hydrogen-bond donors (Lipinski definition) is 2. The lowest BCUT2D eigenvalue weighted by Crippen LogP contribution is -2.19. The number of anilines is 1. The Morgan fingerprint density at radius 2 is 1.87 bits per heavy atom. The first-order chi connectivity index (χ1) is 11.0. The smallest absolute Gasteiger partial charge is 0.338 e. The number of nitrogens with zero attached hydrogens (tertiary/aromatic N) is 1. The quantitative estimate of drug-likeness (QED) is 0.498. The van der Waals surface area contributed by atoms with Crippen LogP contribution in [-0.4, -0.2) is 16.9 Å². The van der Waals surface area contributed by atoms with Crippen LogP contribution in [-0.2, 0) is 11.3 Å². The van der Waals surface area contributed by atoms with Crippen LogP contribution in [0.15, 0.2) is 48.5 Å².